The first-order valence-electron chi connectivity index (χ1n) is 11.2. The van der Waals surface area contributed by atoms with Crippen LogP contribution in [-0.4, -0.2) is 76.5 Å². The molecule has 1 aliphatic rings. The van der Waals surface area contributed by atoms with Crippen molar-refractivity contribution in [1.29, 1.82) is 0 Å². The number of aromatic nitrogens is 8. The first-order chi connectivity index (χ1) is 17.1. The van der Waals surface area contributed by atoms with Gasteiger partial charge in [-0.1, -0.05) is 11.6 Å². The second-order valence-corrected chi connectivity index (χ2v) is 8.78. The van der Waals surface area contributed by atoms with Crippen LogP contribution in [0.15, 0.2) is 43.6 Å². The molecule has 3 N–H and O–H groups in total. The zero-order valence-electron chi connectivity index (χ0n) is 18.8. The standard InChI is InChI=1S/C22H22ClN11O/c1-13(31-20-18-19(26-10-25-18)27-11-28-20)15-6-16(23)17-9-24-12-34(17)21(15)32-2-4-33(5-3-32)22(35)14-7-29-30-8-14/h6-13H,2-5H2,1H3,(H,29,30)(H2,25,26,27,28,31). The van der Waals surface area contributed by atoms with E-state index in [1.807, 2.05) is 15.4 Å². The fourth-order valence-corrected chi connectivity index (χ4v) is 4.79. The number of piperazine rings is 1. The molecule has 0 aliphatic carbocycles. The highest BCUT2D eigenvalue weighted by Gasteiger charge is 2.27. The molecule has 1 unspecified atom stereocenters. The van der Waals surface area contributed by atoms with E-state index in [0.29, 0.717) is 48.2 Å². The zero-order valence-corrected chi connectivity index (χ0v) is 19.6. The number of anilines is 2. The molecule has 1 atom stereocenters. The van der Waals surface area contributed by atoms with Crippen molar-refractivity contribution in [2.24, 2.45) is 0 Å². The Bertz CT molecular complexity index is 1500. The Hall–Kier alpha value is -4.19. The normalized spacial score (nSPS) is 15.1. The Morgan fingerprint density at radius 1 is 1.17 bits per heavy atom. The van der Waals surface area contributed by atoms with Crippen LogP contribution in [0.4, 0.5) is 11.6 Å². The summed E-state index contributed by atoms with van der Waals surface area (Å²) in [5, 5.41) is 10.7. The Labute approximate surface area is 204 Å². The summed E-state index contributed by atoms with van der Waals surface area (Å²) >= 11 is 6.65. The molecule has 0 spiro atoms. The number of hydrogen-bond acceptors (Lipinski definition) is 8. The molecule has 13 heteroatoms. The number of aromatic amines is 2. The average Bonchev–Trinajstić information content (AvgIpc) is 3.66. The van der Waals surface area contributed by atoms with Crippen molar-refractivity contribution in [3.05, 3.63) is 59.8 Å². The van der Waals surface area contributed by atoms with Gasteiger partial charge in [-0.25, -0.2) is 19.9 Å². The van der Waals surface area contributed by atoms with Crippen molar-refractivity contribution in [1.82, 2.24) is 44.4 Å². The molecule has 0 radical (unpaired) electrons. The number of nitrogens with zero attached hydrogens (tertiary/aromatic N) is 8. The SMILES string of the molecule is CC(Nc1ncnc2nc[nH]c12)c1cc(Cl)c2cncn2c1N1CCN(C(=O)c2cn[nH]c2)CC1. The van der Waals surface area contributed by atoms with Crippen molar-refractivity contribution < 1.29 is 4.79 Å². The van der Waals surface area contributed by atoms with E-state index in [9.17, 15) is 4.79 Å². The maximum absolute atomic E-state index is 12.8. The molecule has 5 aromatic heterocycles. The summed E-state index contributed by atoms with van der Waals surface area (Å²) in [6.07, 6.45) is 9.79. The van der Waals surface area contributed by atoms with E-state index < -0.39 is 0 Å². The number of pyridine rings is 1. The van der Waals surface area contributed by atoms with Gasteiger partial charge in [-0.05, 0) is 13.0 Å². The third-order valence-electron chi connectivity index (χ3n) is 6.31. The van der Waals surface area contributed by atoms with Crippen molar-refractivity contribution in [2.45, 2.75) is 13.0 Å². The van der Waals surface area contributed by atoms with Crippen LogP contribution >= 0.6 is 11.6 Å². The van der Waals surface area contributed by atoms with Gasteiger partial charge < -0.3 is 20.1 Å². The number of carbonyl (C=O) groups is 1. The molecule has 0 aromatic carbocycles. The number of hydrogen-bond donors (Lipinski definition) is 3. The van der Waals surface area contributed by atoms with Gasteiger partial charge in [0.1, 0.15) is 24.0 Å². The largest absolute Gasteiger partial charge is 0.362 e. The van der Waals surface area contributed by atoms with Crippen LogP contribution in [0.25, 0.3) is 16.7 Å². The quantitative estimate of drug-likeness (QED) is 0.341. The van der Waals surface area contributed by atoms with Crippen LogP contribution in [0.2, 0.25) is 5.02 Å². The number of amides is 1. The smallest absolute Gasteiger partial charge is 0.257 e. The Balaban J connectivity index is 1.32. The summed E-state index contributed by atoms with van der Waals surface area (Å²) in [5.74, 6) is 1.61. The van der Waals surface area contributed by atoms with Gasteiger partial charge in [0.25, 0.3) is 5.91 Å². The van der Waals surface area contributed by atoms with E-state index in [1.54, 1.807) is 31.2 Å². The molecule has 1 amide bonds. The van der Waals surface area contributed by atoms with Gasteiger partial charge in [0.05, 0.1) is 40.9 Å². The molecule has 6 rings (SSSR count). The predicted octanol–water partition coefficient (Wildman–Crippen LogP) is 2.51. The van der Waals surface area contributed by atoms with Crippen LogP contribution in [0.5, 0.6) is 0 Å². The lowest BCUT2D eigenvalue weighted by molar-refractivity contribution is 0.0746. The molecule has 35 heavy (non-hydrogen) atoms. The molecule has 1 saturated heterocycles. The number of imidazole rings is 2. The van der Waals surface area contributed by atoms with Crippen molar-refractivity contribution in [3.63, 3.8) is 0 Å². The number of fused-ring (bicyclic) bond motifs is 2. The highest BCUT2D eigenvalue weighted by Crippen LogP contribution is 2.35. The van der Waals surface area contributed by atoms with Gasteiger partial charge in [-0.15, -0.1) is 0 Å². The summed E-state index contributed by atoms with van der Waals surface area (Å²) in [7, 11) is 0. The summed E-state index contributed by atoms with van der Waals surface area (Å²) in [4.78, 5) is 37.1. The summed E-state index contributed by atoms with van der Waals surface area (Å²) < 4.78 is 2.01. The summed E-state index contributed by atoms with van der Waals surface area (Å²) in [6.45, 7) is 4.56. The average molecular weight is 492 g/mol. The molecule has 6 heterocycles. The Morgan fingerprint density at radius 3 is 2.83 bits per heavy atom. The van der Waals surface area contributed by atoms with E-state index in [-0.39, 0.29) is 11.9 Å². The first-order valence-corrected chi connectivity index (χ1v) is 11.6. The second-order valence-electron chi connectivity index (χ2n) is 8.38. The maximum atomic E-state index is 12.8. The van der Waals surface area contributed by atoms with Gasteiger partial charge >= 0.3 is 0 Å². The molecular formula is C22H22ClN11O. The van der Waals surface area contributed by atoms with Crippen LogP contribution in [0, 0.1) is 0 Å². The summed E-state index contributed by atoms with van der Waals surface area (Å²) in [6, 6.07) is 1.82. The lowest BCUT2D eigenvalue weighted by atomic mass is 10.1. The van der Waals surface area contributed by atoms with Gasteiger partial charge in [-0.3, -0.25) is 14.3 Å². The van der Waals surface area contributed by atoms with Crippen molar-refractivity contribution in [2.75, 3.05) is 36.4 Å². The Morgan fingerprint density at radius 2 is 2.03 bits per heavy atom. The zero-order chi connectivity index (χ0) is 23.9. The van der Waals surface area contributed by atoms with Crippen molar-refractivity contribution in [3.8, 4) is 0 Å². The van der Waals surface area contributed by atoms with E-state index >= 15 is 0 Å². The van der Waals surface area contributed by atoms with Crippen LogP contribution in [0.3, 0.4) is 0 Å². The molecular weight excluding hydrogens is 470 g/mol. The minimum atomic E-state index is -0.152. The number of H-pyrrole nitrogens is 2. The van der Waals surface area contributed by atoms with Crippen LogP contribution in [0.1, 0.15) is 28.9 Å². The number of halogens is 1. The lowest BCUT2D eigenvalue weighted by Crippen LogP contribution is -2.49. The third-order valence-corrected chi connectivity index (χ3v) is 6.61. The minimum absolute atomic E-state index is 0.0233. The van der Waals surface area contributed by atoms with Gasteiger partial charge in [0.15, 0.2) is 11.5 Å². The topological polar surface area (TPSA) is 136 Å². The molecule has 178 valence electrons. The molecule has 1 aliphatic heterocycles. The van der Waals surface area contributed by atoms with Gasteiger partial charge in [0, 0.05) is 37.9 Å². The molecule has 12 nitrogen and oxygen atoms in total. The number of rotatable bonds is 5. The number of nitrogens with one attached hydrogen (secondary N) is 3. The second kappa shape index (κ2) is 8.55. The number of carbonyl (C=O) groups excluding carboxylic acids is 1. The predicted molar refractivity (Wildman–Crippen MR) is 131 cm³/mol. The van der Waals surface area contributed by atoms with Crippen LogP contribution in [-0.2, 0) is 0 Å². The maximum Gasteiger partial charge on any atom is 0.257 e. The van der Waals surface area contributed by atoms with Crippen LogP contribution < -0.4 is 10.2 Å². The van der Waals surface area contributed by atoms with E-state index in [1.165, 1.54) is 6.33 Å². The minimum Gasteiger partial charge on any atom is -0.362 e. The third kappa shape index (κ3) is 3.71. The van der Waals surface area contributed by atoms with E-state index in [0.717, 1.165) is 22.4 Å². The van der Waals surface area contributed by atoms with E-state index in [2.05, 4.69) is 52.3 Å². The molecule has 0 bridgehead atoms. The molecule has 5 aromatic rings. The molecule has 1 fully saturated rings. The fourth-order valence-electron chi connectivity index (χ4n) is 4.54. The lowest BCUT2D eigenvalue weighted by Gasteiger charge is -2.37. The highest BCUT2D eigenvalue weighted by molar-refractivity contribution is 6.34. The summed E-state index contributed by atoms with van der Waals surface area (Å²) in [5.41, 5.74) is 3.71. The monoisotopic (exact) mass is 491 g/mol. The van der Waals surface area contributed by atoms with Gasteiger partial charge in [-0.2, -0.15) is 5.10 Å². The van der Waals surface area contributed by atoms with Gasteiger partial charge in [0.2, 0.25) is 0 Å². The highest BCUT2D eigenvalue weighted by atomic mass is 35.5. The first kappa shape index (κ1) is 21.4. The Kier molecular flexibility index (Phi) is 5.21. The van der Waals surface area contributed by atoms with Crippen molar-refractivity contribution >= 4 is 45.8 Å². The van der Waals surface area contributed by atoms with E-state index in [4.69, 9.17) is 11.6 Å². The molecule has 0 saturated carbocycles. The fraction of sp³-hybridized carbons (Fsp3) is 0.273.